The Balaban J connectivity index is 1.93. The molecule has 3 aromatic rings. The van der Waals surface area contributed by atoms with Crippen LogP contribution < -0.4 is 10.2 Å². The van der Waals surface area contributed by atoms with Gasteiger partial charge in [-0.1, -0.05) is 12.1 Å². The molecular formula is C20H21N5O. The third-order valence-electron chi connectivity index (χ3n) is 5.65. The van der Waals surface area contributed by atoms with Crippen molar-refractivity contribution >= 4 is 22.5 Å². The molecule has 6 heteroatoms. The van der Waals surface area contributed by atoms with Crippen LogP contribution in [-0.2, 0) is 11.2 Å². The fourth-order valence-corrected chi connectivity index (χ4v) is 4.51. The monoisotopic (exact) mass is 347 g/mol. The van der Waals surface area contributed by atoms with E-state index in [1.165, 1.54) is 11.4 Å². The van der Waals surface area contributed by atoms with Crippen LogP contribution in [0.1, 0.15) is 29.2 Å². The van der Waals surface area contributed by atoms with Gasteiger partial charge in [0.2, 0.25) is 0 Å². The molecule has 1 N–H and O–H groups in total. The van der Waals surface area contributed by atoms with E-state index in [1.807, 2.05) is 18.2 Å². The molecule has 1 unspecified atom stereocenters. The number of fused-ring (bicyclic) bond motifs is 4. The van der Waals surface area contributed by atoms with E-state index in [2.05, 4.69) is 26.8 Å². The Bertz CT molecular complexity index is 1040. The van der Waals surface area contributed by atoms with Crippen molar-refractivity contribution in [3.05, 3.63) is 41.0 Å². The van der Waals surface area contributed by atoms with Crippen molar-refractivity contribution in [3.63, 3.8) is 0 Å². The third kappa shape index (κ3) is 2.08. The number of benzene rings is 1. The van der Waals surface area contributed by atoms with Crippen LogP contribution in [0, 0.1) is 11.3 Å². The molecule has 0 bridgehead atoms. The number of pyridine rings is 1. The summed E-state index contributed by atoms with van der Waals surface area (Å²) in [7, 11) is 1.73. The minimum absolute atomic E-state index is 0.0221. The molecule has 5 rings (SSSR count). The zero-order chi connectivity index (χ0) is 17.7. The lowest BCUT2D eigenvalue weighted by Gasteiger charge is -2.32. The van der Waals surface area contributed by atoms with Crippen LogP contribution in [0.5, 0.6) is 0 Å². The molecular weight excluding hydrogens is 326 g/mol. The maximum atomic E-state index is 9.96. The molecule has 132 valence electrons. The number of anilines is 1. The van der Waals surface area contributed by atoms with Gasteiger partial charge >= 0.3 is 0 Å². The van der Waals surface area contributed by atoms with Crippen molar-refractivity contribution < 1.29 is 4.74 Å². The van der Waals surface area contributed by atoms with Gasteiger partial charge in [-0.05, 0) is 25.0 Å². The number of hydrogen-bond donors (Lipinski definition) is 1. The molecule has 1 atom stereocenters. The number of methoxy groups -OCH3 is 1. The highest BCUT2D eigenvalue weighted by Crippen LogP contribution is 2.43. The standard InChI is InChI=1S/C20H21N5O/c1-26-17-7-6-13-18(17)14(12-21)19-23-15-4-2-3-5-16(15)25(19)20(13)24-10-8-22-9-11-24/h2-5,17,22H,6-11H2,1H3. The summed E-state index contributed by atoms with van der Waals surface area (Å²) in [6, 6.07) is 10.6. The highest BCUT2D eigenvalue weighted by Gasteiger charge is 2.34. The molecule has 0 spiro atoms. The maximum absolute atomic E-state index is 9.96. The quantitative estimate of drug-likeness (QED) is 0.771. The molecule has 2 aromatic heterocycles. The second kappa shape index (κ2) is 5.97. The molecule has 2 aliphatic rings. The van der Waals surface area contributed by atoms with Gasteiger partial charge in [0.25, 0.3) is 0 Å². The van der Waals surface area contributed by atoms with Crippen molar-refractivity contribution in [2.24, 2.45) is 0 Å². The maximum Gasteiger partial charge on any atom is 0.157 e. The van der Waals surface area contributed by atoms with Crippen LogP contribution in [-0.4, -0.2) is 42.7 Å². The highest BCUT2D eigenvalue weighted by atomic mass is 16.5. The van der Waals surface area contributed by atoms with Gasteiger partial charge in [-0.15, -0.1) is 0 Å². The summed E-state index contributed by atoms with van der Waals surface area (Å²) in [4.78, 5) is 7.27. The van der Waals surface area contributed by atoms with Gasteiger partial charge in [0.15, 0.2) is 5.65 Å². The summed E-state index contributed by atoms with van der Waals surface area (Å²) in [6.45, 7) is 3.85. The number of piperazine rings is 1. The van der Waals surface area contributed by atoms with E-state index in [1.54, 1.807) is 7.11 Å². The van der Waals surface area contributed by atoms with Crippen molar-refractivity contribution in [1.82, 2.24) is 14.7 Å². The van der Waals surface area contributed by atoms with Crippen LogP contribution in [0.3, 0.4) is 0 Å². The number of imidazole rings is 1. The molecule has 0 radical (unpaired) electrons. The zero-order valence-electron chi connectivity index (χ0n) is 14.8. The van der Waals surface area contributed by atoms with Crippen LogP contribution >= 0.6 is 0 Å². The average Bonchev–Trinajstić information content (AvgIpc) is 3.28. The molecule has 1 aromatic carbocycles. The molecule has 1 aliphatic carbocycles. The van der Waals surface area contributed by atoms with Gasteiger partial charge in [-0.25, -0.2) is 4.98 Å². The first kappa shape index (κ1) is 15.6. The molecule has 3 heterocycles. The Morgan fingerprint density at radius 1 is 1.27 bits per heavy atom. The largest absolute Gasteiger partial charge is 0.377 e. The van der Waals surface area contributed by atoms with E-state index in [9.17, 15) is 5.26 Å². The van der Waals surface area contributed by atoms with Crippen LogP contribution in [0.25, 0.3) is 16.7 Å². The van der Waals surface area contributed by atoms with E-state index < -0.39 is 0 Å². The van der Waals surface area contributed by atoms with Gasteiger partial charge < -0.3 is 15.0 Å². The van der Waals surface area contributed by atoms with Gasteiger partial charge in [-0.3, -0.25) is 4.40 Å². The predicted molar refractivity (Wildman–Crippen MR) is 101 cm³/mol. The summed E-state index contributed by atoms with van der Waals surface area (Å²) in [5.41, 5.74) is 5.72. The van der Waals surface area contributed by atoms with E-state index in [0.29, 0.717) is 5.56 Å². The van der Waals surface area contributed by atoms with Gasteiger partial charge in [-0.2, -0.15) is 5.26 Å². The normalized spacial score (nSPS) is 19.8. The van der Waals surface area contributed by atoms with E-state index in [-0.39, 0.29) is 6.10 Å². The molecule has 26 heavy (non-hydrogen) atoms. The first-order valence-electron chi connectivity index (χ1n) is 9.18. The first-order chi connectivity index (χ1) is 12.8. The number of aromatic nitrogens is 2. The number of para-hydroxylation sites is 2. The van der Waals surface area contributed by atoms with E-state index in [4.69, 9.17) is 9.72 Å². The van der Waals surface area contributed by atoms with Crippen molar-refractivity contribution in [2.75, 3.05) is 38.2 Å². The molecule has 1 saturated heterocycles. The second-order valence-electron chi connectivity index (χ2n) is 6.96. The van der Waals surface area contributed by atoms with Crippen LogP contribution in [0.4, 0.5) is 5.82 Å². The van der Waals surface area contributed by atoms with Crippen molar-refractivity contribution in [2.45, 2.75) is 18.9 Å². The van der Waals surface area contributed by atoms with Gasteiger partial charge in [0.05, 0.1) is 17.1 Å². The average molecular weight is 347 g/mol. The minimum Gasteiger partial charge on any atom is -0.377 e. The molecule has 1 aliphatic heterocycles. The van der Waals surface area contributed by atoms with Crippen LogP contribution in [0.2, 0.25) is 0 Å². The Kier molecular flexibility index (Phi) is 3.59. The minimum atomic E-state index is -0.0221. The number of nitriles is 1. The van der Waals surface area contributed by atoms with Crippen molar-refractivity contribution in [3.8, 4) is 6.07 Å². The summed E-state index contributed by atoms with van der Waals surface area (Å²) in [5.74, 6) is 1.20. The third-order valence-corrected chi connectivity index (χ3v) is 5.65. The second-order valence-corrected chi connectivity index (χ2v) is 6.96. The van der Waals surface area contributed by atoms with E-state index in [0.717, 1.165) is 61.3 Å². The summed E-state index contributed by atoms with van der Waals surface area (Å²) in [5, 5.41) is 13.4. The SMILES string of the molecule is COC1CCc2c1c(C#N)c1nc3ccccc3n1c2N1CCNCC1. The molecule has 0 amide bonds. The van der Waals surface area contributed by atoms with E-state index >= 15 is 0 Å². The molecule has 0 saturated carbocycles. The highest BCUT2D eigenvalue weighted by molar-refractivity contribution is 5.86. The van der Waals surface area contributed by atoms with Gasteiger partial charge in [0.1, 0.15) is 17.5 Å². The molecule has 1 fully saturated rings. The Labute approximate surface area is 152 Å². The first-order valence-corrected chi connectivity index (χ1v) is 9.18. The number of rotatable bonds is 2. The van der Waals surface area contributed by atoms with Crippen LogP contribution in [0.15, 0.2) is 24.3 Å². The summed E-state index contributed by atoms with van der Waals surface area (Å²) in [6.07, 6.45) is 1.83. The number of nitrogens with one attached hydrogen (secondary N) is 1. The number of hydrogen-bond acceptors (Lipinski definition) is 5. The lowest BCUT2D eigenvalue weighted by Crippen LogP contribution is -2.44. The fraction of sp³-hybridized carbons (Fsp3) is 0.400. The lowest BCUT2D eigenvalue weighted by atomic mass is 10.0. The topological polar surface area (TPSA) is 65.6 Å². The zero-order valence-corrected chi connectivity index (χ0v) is 14.8. The van der Waals surface area contributed by atoms with Crippen molar-refractivity contribution in [1.29, 1.82) is 5.26 Å². The number of nitrogens with zero attached hydrogens (tertiary/aromatic N) is 4. The smallest absolute Gasteiger partial charge is 0.157 e. The Morgan fingerprint density at radius 3 is 2.85 bits per heavy atom. The summed E-state index contributed by atoms with van der Waals surface area (Å²) >= 11 is 0. The van der Waals surface area contributed by atoms with Gasteiger partial charge in [0, 0.05) is 44.4 Å². The Hall–Kier alpha value is -2.62. The molecule has 6 nitrogen and oxygen atoms in total. The Morgan fingerprint density at radius 2 is 2.08 bits per heavy atom. The summed E-state index contributed by atoms with van der Waals surface area (Å²) < 4.78 is 7.93. The number of ether oxygens (including phenoxy) is 1. The lowest BCUT2D eigenvalue weighted by molar-refractivity contribution is 0.105. The fourth-order valence-electron chi connectivity index (χ4n) is 4.51. The predicted octanol–water partition coefficient (Wildman–Crippen LogP) is 2.40.